The molecule has 0 aliphatic rings. The Labute approximate surface area is 142 Å². The predicted octanol–water partition coefficient (Wildman–Crippen LogP) is 4.18. The van der Waals surface area contributed by atoms with Crippen LogP contribution in [0.1, 0.15) is 50.8 Å². The Bertz CT molecular complexity index is 543. The van der Waals surface area contributed by atoms with Gasteiger partial charge in [-0.05, 0) is 55.0 Å². The Balaban J connectivity index is 3.16. The van der Waals surface area contributed by atoms with Crippen LogP contribution in [0.4, 0.5) is 0 Å². The second-order valence-electron chi connectivity index (χ2n) is 7.47. The Morgan fingerprint density at radius 3 is 2.00 bits per heavy atom. The molecule has 0 spiro atoms. The van der Waals surface area contributed by atoms with Gasteiger partial charge in [0, 0.05) is 0 Å². The molecular formula is C19H30O3P-. The molecule has 1 rings (SSSR count). The van der Waals surface area contributed by atoms with Crippen molar-refractivity contribution in [2.45, 2.75) is 48.0 Å². The molecular weight excluding hydrogens is 307 g/mol. The van der Waals surface area contributed by atoms with E-state index in [0.29, 0.717) is 23.0 Å². The Hall–Kier alpha value is -1.05. The summed E-state index contributed by atoms with van der Waals surface area (Å²) in [5, 5.41) is 12.8. The zero-order chi connectivity index (χ0) is 17.8. The first-order chi connectivity index (χ1) is 10.6. The Morgan fingerprint density at radius 1 is 1.13 bits per heavy atom. The van der Waals surface area contributed by atoms with E-state index in [1.165, 1.54) is 0 Å². The van der Waals surface area contributed by atoms with Gasteiger partial charge in [0.1, 0.15) is 11.5 Å². The van der Waals surface area contributed by atoms with E-state index in [9.17, 15) is 5.11 Å². The summed E-state index contributed by atoms with van der Waals surface area (Å²) in [5.74, 6) is 1.77. The van der Waals surface area contributed by atoms with Crippen LogP contribution in [0.3, 0.4) is 0 Å². The number of hydrogen-bond donors (Lipinski definition) is 0. The van der Waals surface area contributed by atoms with Gasteiger partial charge < -0.3 is 14.6 Å². The molecule has 0 bridgehead atoms. The molecule has 0 aliphatic carbocycles. The SMILES string of the molecule is COc1c(C)cc(C)c(OC)c1C([O-])=PCC(C)CC(C)(C)C. The zero-order valence-electron chi connectivity index (χ0n) is 15.7. The molecule has 130 valence electrons. The first kappa shape index (κ1) is 20.0. The van der Waals surface area contributed by atoms with E-state index >= 15 is 0 Å². The van der Waals surface area contributed by atoms with Crippen LogP contribution in [0.5, 0.6) is 11.5 Å². The van der Waals surface area contributed by atoms with Crippen molar-refractivity contribution in [1.29, 1.82) is 0 Å². The Kier molecular flexibility index (Phi) is 7.10. The summed E-state index contributed by atoms with van der Waals surface area (Å²) in [6.45, 7) is 12.8. The summed E-state index contributed by atoms with van der Waals surface area (Å²) in [4.78, 5) is 0. The maximum absolute atomic E-state index is 12.8. The second-order valence-corrected chi connectivity index (χ2v) is 8.56. The molecule has 4 heteroatoms. The highest BCUT2D eigenvalue weighted by atomic mass is 31.1. The van der Waals surface area contributed by atoms with E-state index in [1.807, 2.05) is 19.9 Å². The van der Waals surface area contributed by atoms with Gasteiger partial charge in [-0.1, -0.05) is 27.7 Å². The first-order valence-electron chi connectivity index (χ1n) is 8.04. The highest BCUT2D eigenvalue weighted by molar-refractivity contribution is 7.40. The summed E-state index contributed by atoms with van der Waals surface area (Å²) >= 11 is 0. The summed E-state index contributed by atoms with van der Waals surface area (Å²) < 4.78 is 11.0. The predicted molar refractivity (Wildman–Crippen MR) is 98.2 cm³/mol. The number of aryl methyl sites for hydroxylation is 2. The molecule has 0 saturated carbocycles. The van der Waals surface area contributed by atoms with Crippen molar-refractivity contribution in [3.63, 3.8) is 0 Å². The molecule has 1 aromatic rings. The topological polar surface area (TPSA) is 41.5 Å². The van der Waals surface area contributed by atoms with Crippen LogP contribution in [-0.2, 0) is 0 Å². The molecule has 0 saturated heterocycles. The van der Waals surface area contributed by atoms with Gasteiger partial charge >= 0.3 is 0 Å². The molecule has 0 radical (unpaired) electrons. The summed E-state index contributed by atoms with van der Waals surface area (Å²) in [6.07, 6.45) is 1.96. The summed E-state index contributed by atoms with van der Waals surface area (Å²) in [6, 6.07) is 1.99. The van der Waals surface area contributed by atoms with E-state index in [1.54, 1.807) is 14.2 Å². The summed E-state index contributed by atoms with van der Waals surface area (Å²) in [5.41, 5.74) is 2.87. The average molecular weight is 337 g/mol. The van der Waals surface area contributed by atoms with Crippen LogP contribution in [-0.4, -0.2) is 25.9 Å². The van der Waals surface area contributed by atoms with Crippen LogP contribution < -0.4 is 14.6 Å². The van der Waals surface area contributed by atoms with E-state index in [4.69, 9.17) is 9.47 Å². The van der Waals surface area contributed by atoms with Crippen LogP contribution in [0.15, 0.2) is 6.07 Å². The van der Waals surface area contributed by atoms with Gasteiger partial charge in [-0.25, -0.2) is 0 Å². The lowest BCUT2D eigenvalue weighted by molar-refractivity contribution is -0.207. The zero-order valence-corrected chi connectivity index (χ0v) is 16.6. The molecule has 1 atom stereocenters. The number of benzene rings is 1. The fraction of sp³-hybridized carbons (Fsp3) is 0.632. The maximum atomic E-state index is 12.8. The van der Waals surface area contributed by atoms with Gasteiger partial charge in [0.05, 0.1) is 19.8 Å². The second kappa shape index (κ2) is 8.17. The third kappa shape index (κ3) is 5.51. The largest absolute Gasteiger partial charge is 0.823 e. The number of rotatable bonds is 6. The highest BCUT2D eigenvalue weighted by Crippen LogP contribution is 2.36. The number of methoxy groups -OCH3 is 2. The Morgan fingerprint density at radius 2 is 1.61 bits per heavy atom. The smallest absolute Gasteiger partial charge is 0.132 e. The molecule has 0 heterocycles. The lowest BCUT2D eigenvalue weighted by atomic mass is 9.86. The molecule has 1 unspecified atom stereocenters. The van der Waals surface area contributed by atoms with Crippen molar-refractivity contribution in [1.82, 2.24) is 0 Å². The van der Waals surface area contributed by atoms with Gasteiger partial charge in [-0.3, -0.25) is 0 Å². The minimum Gasteiger partial charge on any atom is -0.823 e. The molecule has 3 nitrogen and oxygen atoms in total. The van der Waals surface area contributed by atoms with E-state index in [-0.39, 0.29) is 10.9 Å². The van der Waals surface area contributed by atoms with Gasteiger partial charge in [-0.2, -0.15) is 0 Å². The lowest BCUT2D eigenvalue weighted by Crippen LogP contribution is -2.20. The van der Waals surface area contributed by atoms with Crippen molar-refractivity contribution in [3.05, 3.63) is 22.8 Å². The average Bonchev–Trinajstić information content (AvgIpc) is 2.42. The van der Waals surface area contributed by atoms with Crippen molar-refractivity contribution in [2.75, 3.05) is 20.4 Å². The third-order valence-corrected chi connectivity index (χ3v) is 5.05. The van der Waals surface area contributed by atoms with Gasteiger partial charge in [-0.15, -0.1) is 13.7 Å². The maximum Gasteiger partial charge on any atom is 0.132 e. The van der Waals surface area contributed by atoms with E-state index in [0.717, 1.165) is 31.9 Å². The minimum atomic E-state index is 0.0752. The van der Waals surface area contributed by atoms with Gasteiger partial charge in [0.15, 0.2) is 0 Å². The van der Waals surface area contributed by atoms with Crippen LogP contribution >= 0.6 is 8.20 Å². The molecule has 0 amide bonds. The fourth-order valence-electron chi connectivity index (χ4n) is 3.10. The lowest BCUT2D eigenvalue weighted by Gasteiger charge is -2.25. The summed E-state index contributed by atoms with van der Waals surface area (Å²) in [7, 11) is 4.01. The molecule has 1 aromatic carbocycles. The van der Waals surface area contributed by atoms with Crippen molar-refractivity contribution in [3.8, 4) is 11.5 Å². The van der Waals surface area contributed by atoms with Gasteiger partial charge in [0.2, 0.25) is 0 Å². The van der Waals surface area contributed by atoms with Crippen molar-refractivity contribution in [2.24, 2.45) is 11.3 Å². The minimum absolute atomic E-state index is 0.0752. The quantitative estimate of drug-likeness (QED) is 0.731. The third-order valence-electron chi connectivity index (χ3n) is 3.73. The highest BCUT2D eigenvalue weighted by Gasteiger charge is 2.17. The standard InChI is InChI=1S/C19H31O3P/c1-12(10-19(4,5)6)11-23-18(20)15-16(21-7)13(2)9-14(3)17(15)22-8/h9,12,20H,10-11H2,1-8H3/p-1. The molecule has 23 heavy (non-hydrogen) atoms. The van der Waals surface area contributed by atoms with Crippen molar-refractivity contribution >= 4 is 13.7 Å². The van der Waals surface area contributed by atoms with Crippen molar-refractivity contribution < 1.29 is 14.6 Å². The van der Waals surface area contributed by atoms with Gasteiger partial charge in [0.25, 0.3) is 0 Å². The molecule has 0 aliphatic heterocycles. The van der Waals surface area contributed by atoms with E-state index < -0.39 is 0 Å². The monoisotopic (exact) mass is 337 g/mol. The normalized spacial score (nSPS) is 13.9. The van der Waals surface area contributed by atoms with Crippen LogP contribution in [0.2, 0.25) is 0 Å². The first-order valence-corrected chi connectivity index (χ1v) is 9.12. The molecule has 0 aromatic heterocycles. The van der Waals surface area contributed by atoms with E-state index in [2.05, 4.69) is 27.7 Å². The van der Waals surface area contributed by atoms with Crippen LogP contribution in [0, 0.1) is 25.2 Å². The molecule has 0 N–H and O–H groups in total. The fourth-order valence-corrected chi connectivity index (χ4v) is 4.07. The molecule has 0 fully saturated rings. The number of hydrogen-bond acceptors (Lipinski definition) is 3. The van der Waals surface area contributed by atoms with Crippen LogP contribution in [0.25, 0.3) is 0 Å². The number of ether oxygens (including phenoxy) is 2.